The van der Waals surface area contributed by atoms with Crippen LogP contribution in [-0.2, 0) is 26.2 Å². The molecule has 9 nitrogen and oxygen atoms in total. The van der Waals surface area contributed by atoms with Crippen molar-refractivity contribution in [2.24, 2.45) is 0 Å². The van der Waals surface area contributed by atoms with E-state index in [1.54, 1.807) is 36.3 Å². The fourth-order valence-corrected chi connectivity index (χ4v) is 5.14. The zero-order chi connectivity index (χ0) is 29.2. The lowest BCUT2D eigenvalue weighted by Crippen LogP contribution is -2.53. The molecule has 1 atom stereocenters. The fraction of sp³-hybridized carbons (Fsp3) is 0.517. The van der Waals surface area contributed by atoms with Crippen LogP contribution in [0.15, 0.2) is 48.5 Å². The second-order valence-corrected chi connectivity index (χ2v) is 12.3. The van der Waals surface area contributed by atoms with Gasteiger partial charge in [0.05, 0.1) is 25.7 Å². The molecule has 0 aliphatic rings. The van der Waals surface area contributed by atoms with Crippen LogP contribution in [0.5, 0.6) is 11.5 Å². The Morgan fingerprint density at radius 1 is 0.974 bits per heavy atom. The highest BCUT2D eigenvalue weighted by atomic mass is 32.2. The molecule has 0 aliphatic carbocycles. The highest BCUT2D eigenvalue weighted by Gasteiger charge is 2.30. The maximum absolute atomic E-state index is 13.6. The van der Waals surface area contributed by atoms with Gasteiger partial charge in [-0.15, -0.1) is 0 Å². The summed E-state index contributed by atoms with van der Waals surface area (Å²) in [4.78, 5) is 28.3. The molecule has 2 aromatic rings. The second kappa shape index (κ2) is 14.2. The molecule has 2 amide bonds. The van der Waals surface area contributed by atoms with Gasteiger partial charge in [-0.1, -0.05) is 19.1 Å². The highest BCUT2D eigenvalue weighted by molar-refractivity contribution is 7.92. The molecule has 0 unspecified atom stereocenters. The van der Waals surface area contributed by atoms with Crippen LogP contribution < -0.4 is 19.1 Å². The third kappa shape index (κ3) is 10.1. The molecular weight excluding hydrogens is 518 g/mol. The zero-order valence-corrected chi connectivity index (χ0v) is 25.0. The number of methoxy groups -OCH3 is 1. The second-order valence-electron chi connectivity index (χ2n) is 10.4. The first-order chi connectivity index (χ1) is 18.3. The minimum absolute atomic E-state index is 0.0818. The molecule has 0 radical (unpaired) electrons. The first-order valence-electron chi connectivity index (χ1n) is 13.2. The van der Waals surface area contributed by atoms with Gasteiger partial charge in [-0.05, 0) is 82.5 Å². The molecule has 10 heteroatoms. The van der Waals surface area contributed by atoms with E-state index < -0.39 is 21.6 Å². The number of benzene rings is 2. The van der Waals surface area contributed by atoms with Crippen molar-refractivity contribution in [2.45, 2.75) is 72.0 Å². The molecule has 1 N–H and O–H groups in total. The van der Waals surface area contributed by atoms with Crippen LogP contribution in [0.3, 0.4) is 0 Å². The summed E-state index contributed by atoms with van der Waals surface area (Å²) < 4.78 is 37.1. The van der Waals surface area contributed by atoms with Crippen molar-refractivity contribution in [3.63, 3.8) is 0 Å². The van der Waals surface area contributed by atoms with Crippen LogP contribution in [-0.4, -0.2) is 63.2 Å². The number of sulfonamides is 1. The molecule has 0 spiro atoms. The molecule has 0 saturated heterocycles. The van der Waals surface area contributed by atoms with Crippen LogP contribution in [0.2, 0.25) is 0 Å². The lowest BCUT2D eigenvalue weighted by Gasteiger charge is -2.33. The lowest BCUT2D eigenvalue weighted by atomic mass is 10.0. The van der Waals surface area contributed by atoms with Gasteiger partial charge in [-0.25, -0.2) is 8.42 Å². The molecule has 2 rings (SSSR count). The molecule has 0 heterocycles. The monoisotopic (exact) mass is 561 g/mol. The first-order valence-corrected chi connectivity index (χ1v) is 15.1. The maximum atomic E-state index is 13.6. The Labute approximate surface area is 233 Å². The molecule has 0 aromatic heterocycles. The molecule has 39 heavy (non-hydrogen) atoms. The van der Waals surface area contributed by atoms with Gasteiger partial charge < -0.3 is 19.7 Å². The average molecular weight is 562 g/mol. The number of hydrogen-bond donors (Lipinski definition) is 1. The van der Waals surface area contributed by atoms with Crippen LogP contribution in [0.25, 0.3) is 0 Å². The van der Waals surface area contributed by atoms with Gasteiger partial charge in [-0.3, -0.25) is 13.9 Å². The summed E-state index contributed by atoms with van der Waals surface area (Å²) in [5.74, 6) is 0.906. The van der Waals surface area contributed by atoms with Gasteiger partial charge >= 0.3 is 0 Å². The van der Waals surface area contributed by atoms with Crippen molar-refractivity contribution >= 4 is 27.5 Å². The quantitative estimate of drug-likeness (QED) is 0.367. The van der Waals surface area contributed by atoms with Crippen molar-refractivity contribution in [3.8, 4) is 11.5 Å². The number of amides is 2. The molecule has 0 bridgehead atoms. The molecule has 0 saturated carbocycles. The Bertz CT molecular complexity index is 1170. The van der Waals surface area contributed by atoms with Gasteiger partial charge in [0.1, 0.15) is 17.5 Å². The van der Waals surface area contributed by atoms with E-state index in [4.69, 9.17) is 9.47 Å². The third-order valence-corrected chi connectivity index (χ3v) is 7.18. The van der Waals surface area contributed by atoms with Gasteiger partial charge in [0.25, 0.3) is 0 Å². The zero-order valence-electron chi connectivity index (χ0n) is 24.2. The van der Waals surface area contributed by atoms with Crippen LogP contribution in [0, 0.1) is 0 Å². The van der Waals surface area contributed by atoms with Crippen molar-refractivity contribution in [1.29, 1.82) is 0 Å². The summed E-state index contributed by atoms with van der Waals surface area (Å²) in [6.07, 6.45) is 1.95. The number of nitrogens with one attached hydrogen (secondary N) is 1. The topological polar surface area (TPSA) is 105 Å². The number of hydrogen-bond acceptors (Lipinski definition) is 6. The van der Waals surface area contributed by atoms with E-state index in [-0.39, 0.29) is 37.7 Å². The average Bonchev–Trinajstić information content (AvgIpc) is 2.86. The Morgan fingerprint density at radius 3 is 2.05 bits per heavy atom. The molecule has 0 fully saturated rings. The van der Waals surface area contributed by atoms with Crippen molar-refractivity contribution in [2.75, 3.05) is 30.8 Å². The third-order valence-electron chi connectivity index (χ3n) is 5.98. The van der Waals surface area contributed by atoms with Gasteiger partial charge in [0.15, 0.2) is 0 Å². The van der Waals surface area contributed by atoms with E-state index in [0.29, 0.717) is 30.2 Å². The van der Waals surface area contributed by atoms with Crippen molar-refractivity contribution < 1.29 is 27.5 Å². The minimum atomic E-state index is -3.58. The summed E-state index contributed by atoms with van der Waals surface area (Å²) in [5, 5.41) is 2.99. The van der Waals surface area contributed by atoms with Crippen molar-refractivity contribution in [3.05, 3.63) is 54.1 Å². The van der Waals surface area contributed by atoms with E-state index in [1.807, 2.05) is 58.9 Å². The Kier molecular flexibility index (Phi) is 11.6. The van der Waals surface area contributed by atoms with E-state index in [9.17, 15) is 18.0 Å². The van der Waals surface area contributed by atoms with Crippen LogP contribution in [0.4, 0.5) is 5.69 Å². The van der Waals surface area contributed by atoms with E-state index in [2.05, 4.69) is 5.32 Å². The van der Waals surface area contributed by atoms with E-state index in [0.717, 1.165) is 11.8 Å². The summed E-state index contributed by atoms with van der Waals surface area (Å²) in [5.41, 5.74) is 0.908. The fourth-order valence-electron chi connectivity index (χ4n) is 4.18. The summed E-state index contributed by atoms with van der Waals surface area (Å²) in [7, 11) is -1.99. The number of ether oxygens (including phenoxy) is 2. The first kappa shape index (κ1) is 31.9. The standard InChI is InChI=1S/C29H43N3O6S/c1-8-26(28(34)30-29(3,4)5)31(21-22-12-16-24(37-6)17-13-22)27(33)11-10-20-32(39(7,35)36)23-14-18-25(19-15-23)38-9-2/h12-19,26H,8-11,20-21H2,1-7H3,(H,30,34)/t26-/m1/s1. The maximum Gasteiger partial charge on any atom is 0.243 e. The minimum Gasteiger partial charge on any atom is -0.497 e. The predicted molar refractivity (Wildman–Crippen MR) is 155 cm³/mol. The number of anilines is 1. The molecular formula is C29H43N3O6S. The Balaban J connectivity index is 2.23. The van der Waals surface area contributed by atoms with Gasteiger partial charge in [-0.2, -0.15) is 0 Å². The number of nitrogens with zero attached hydrogens (tertiary/aromatic N) is 2. The lowest BCUT2D eigenvalue weighted by molar-refractivity contribution is -0.142. The SMILES string of the molecule is CCOc1ccc(N(CCCC(=O)N(Cc2ccc(OC)cc2)[C@H](CC)C(=O)NC(C)(C)C)S(C)(=O)=O)cc1. The summed E-state index contributed by atoms with van der Waals surface area (Å²) in [6, 6.07) is 13.5. The smallest absolute Gasteiger partial charge is 0.243 e. The Morgan fingerprint density at radius 2 is 1.56 bits per heavy atom. The molecule has 216 valence electrons. The highest BCUT2D eigenvalue weighted by Crippen LogP contribution is 2.23. The number of rotatable bonds is 14. The molecule has 2 aromatic carbocycles. The largest absolute Gasteiger partial charge is 0.497 e. The van der Waals surface area contributed by atoms with Crippen LogP contribution in [0.1, 0.15) is 59.4 Å². The summed E-state index contributed by atoms with van der Waals surface area (Å²) >= 11 is 0. The van der Waals surface area contributed by atoms with Gasteiger partial charge in [0, 0.05) is 25.0 Å². The van der Waals surface area contributed by atoms with Crippen molar-refractivity contribution in [1.82, 2.24) is 10.2 Å². The number of carbonyl (C=O) groups is 2. The Hall–Kier alpha value is -3.27. The van der Waals surface area contributed by atoms with E-state index in [1.165, 1.54) is 4.31 Å². The van der Waals surface area contributed by atoms with Gasteiger partial charge in [0.2, 0.25) is 21.8 Å². The predicted octanol–water partition coefficient (Wildman–Crippen LogP) is 4.36. The molecule has 0 aliphatic heterocycles. The van der Waals surface area contributed by atoms with E-state index >= 15 is 0 Å². The normalized spacial score (nSPS) is 12.4. The van der Waals surface area contributed by atoms with Crippen LogP contribution >= 0.6 is 0 Å². The number of carbonyl (C=O) groups excluding carboxylic acids is 2. The summed E-state index contributed by atoms with van der Waals surface area (Å²) in [6.45, 7) is 10.3.